The van der Waals surface area contributed by atoms with Crippen LogP contribution in [0.1, 0.15) is 11.1 Å². The van der Waals surface area contributed by atoms with Crippen molar-refractivity contribution in [1.29, 1.82) is 0 Å². The van der Waals surface area contributed by atoms with Crippen molar-refractivity contribution in [3.63, 3.8) is 0 Å². The lowest BCUT2D eigenvalue weighted by molar-refractivity contribution is 1.25. The Morgan fingerprint density at radius 1 is 1.13 bits per heavy atom. The van der Waals surface area contributed by atoms with E-state index in [0.717, 1.165) is 6.42 Å². The molecule has 1 aliphatic carbocycles. The molecule has 0 saturated carbocycles. The summed E-state index contributed by atoms with van der Waals surface area (Å²) < 4.78 is 0. The van der Waals surface area contributed by atoms with Crippen LogP contribution >= 0.6 is 0 Å². The van der Waals surface area contributed by atoms with E-state index in [4.69, 9.17) is 0 Å². The number of allylic oxidation sites excluding steroid dienone is 6. The van der Waals surface area contributed by atoms with Crippen molar-refractivity contribution >= 4 is 5.57 Å². The second-order valence-electron chi connectivity index (χ2n) is 3.57. The summed E-state index contributed by atoms with van der Waals surface area (Å²) in [6, 6.07) is 8.49. The average molecular weight is 194 g/mol. The summed E-state index contributed by atoms with van der Waals surface area (Å²) >= 11 is 0. The van der Waals surface area contributed by atoms with E-state index >= 15 is 0 Å². The fraction of sp³-hybridized carbons (Fsp3) is 0.0667. The molecule has 0 N–H and O–H groups in total. The number of hydrogen-bond acceptors (Lipinski definition) is 0. The molecule has 0 aliphatic heterocycles. The molecule has 0 heteroatoms. The standard InChI is InChI=1S/C15H14/c1-3-5-9-14-12(4-2)11-13-8-6-7-10-15(13)14/h3-10H,1-2,11H2/b9-5-. The van der Waals surface area contributed by atoms with Crippen molar-refractivity contribution in [1.82, 2.24) is 0 Å². The van der Waals surface area contributed by atoms with Crippen molar-refractivity contribution < 1.29 is 0 Å². The van der Waals surface area contributed by atoms with E-state index in [1.165, 1.54) is 22.3 Å². The van der Waals surface area contributed by atoms with E-state index in [1.54, 1.807) is 6.08 Å². The maximum absolute atomic E-state index is 3.87. The first-order valence-corrected chi connectivity index (χ1v) is 5.09. The van der Waals surface area contributed by atoms with Gasteiger partial charge in [0.25, 0.3) is 0 Å². The molecule has 0 aromatic heterocycles. The van der Waals surface area contributed by atoms with E-state index in [9.17, 15) is 0 Å². The number of benzene rings is 1. The van der Waals surface area contributed by atoms with E-state index in [1.807, 2.05) is 12.2 Å². The summed E-state index contributed by atoms with van der Waals surface area (Å²) in [6.07, 6.45) is 8.82. The van der Waals surface area contributed by atoms with Crippen molar-refractivity contribution in [2.45, 2.75) is 6.42 Å². The molecule has 0 fully saturated rings. The highest BCUT2D eigenvalue weighted by Crippen LogP contribution is 2.33. The highest BCUT2D eigenvalue weighted by Gasteiger charge is 2.16. The van der Waals surface area contributed by atoms with Crippen LogP contribution in [0.3, 0.4) is 0 Å². The Labute approximate surface area is 91.0 Å². The summed E-state index contributed by atoms with van der Waals surface area (Å²) in [6.45, 7) is 7.56. The average Bonchev–Trinajstić information content (AvgIpc) is 2.64. The molecule has 0 heterocycles. The predicted octanol–water partition coefficient (Wildman–Crippen LogP) is 3.92. The van der Waals surface area contributed by atoms with E-state index in [2.05, 4.69) is 43.5 Å². The Kier molecular flexibility index (Phi) is 2.68. The van der Waals surface area contributed by atoms with Gasteiger partial charge in [-0.05, 0) is 28.7 Å². The lowest BCUT2D eigenvalue weighted by atomic mass is 10.1. The molecule has 1 aromatic rings. The summed E-state index contributed by atoms with van der Waals surface area (Å²) in [5, 5.41) is 0. The quantitative estimate of drug-likeness (QED) is 0.640. The Hall–Kier alpha value is -1.82. The van der Waals surface area contributed by atoms with Crippen molar-refractivity contribution in [3.8, 4) is 0 Å². The molecule has 0 nitrogen and oxygen atoms in total. The predicted molar refractivity (Wildman–Crippen MR) is 66.6 cm³/mol. The number of hydrogen-bond donors (Lipinski definition) is 0. The molecule has 0 unspecified atom stereocenters. The molecule has 0 amide bonds. The van der Waals surface area contributed by atoms with Crippen LogP contribution in [0.25, 0.3) is 5.57 Å². The minimum atomic E-state index is 0.997. The van der Waals surface area contributed by atoms with E-state index in [-0.39, 0.29) is 0 Å². The lowest BCUT2D eigenvalue weighted by Gasteiger charge is -1.99. The third-order valence-corrected chi connectivity index (χ3v) is 2.68. The van der Waals surface area contributed by atoms with Crippen LogP contribution in [0.5, 0.6) is 0 Å². The van der Waals surface area contributed by atoms with Crippen molar-refractivity contribution in [2.75, 3.05) is 0 Å². The fourth-order valence-electron chi connectivity index (χ4n) is 1.95. The van der Waals surface area contributed by atoms with Gasteiger partial charge >= 0.3 is 0 Å². The smallest absolute Gasteiger partial charge is 0.00137 e. The second kappa shape index (κ2) is 4.14. The zero-order valence-electron chi connectivity index (χ0n) is 8.74. The van der Waals surface area contributed by atoms with Gasteiger partial charge in [0.15, 0.2) is 0 Å². The maximum Gasteiger partial charge on any atom is -0.00137 e. The molecule has 1 aliphatic rings. The van der Waals surface area contributed by atoms with E-state index < -0.39 is 0 Å². The summed E-state index contributed by atoms with van der Waals surface area (Å²) in [5.41, 5.74) is 5.29. The van der Waals surface area contributed by atoms with Crippen LogP contribution in [-0.4, -0.2) is 0 Å². The Morgan fingerprint density at radius 2 is 1.93 bits per heavy atom. The van der Waals surface area contributed by atoms with Gasteiger partial charge in [-0.3, -0.25) is 0 Å². The van der Waals surface area contributed by atoms with Gasteiger partial charge in [0, 0.05) is 0 Å². The van der Waals surface area contributed by atoms with Gasteiger partial charge in [-0.2, -0.15) is 0 Å². The zero-order valence-corrected chi connectivity index (χ0v) is 8.74. The first-order chi connectivity index (χ1) is 7.36. The lowest BCUT2D eigenvalue weighted by Crippen LogP contribution is -1.80. The molecule has 0 saturated heterocycles. The van der Waals surface area contributed by atoms with Crippen LogP contribution in [0, 0.1) is 0 Å². The Balaban J connectivity index is 2.50. The van der Waals surface area contributed by atoms with Crippen LogP contribution in [0.4, 0.5) is 0 Å². The highest BCUT2D eigenvalue weighted by atomic mass is 14.2. The number of fused-ring (bicyclic) bond motifs is 1. The molecule has 2 rings (SSSR count). The SMILES string of the molecule is C=C/C=C\C1=C(C=C)Cc2ccccc21. The van der Waals surface area contributed by atoms with Gasteiger partial charge in [-0.25, -0.2) is 0 Å². The van der Waals surface area contributed by atoms with Crippen molar-refractivity contribution in [2.24, 2.45) is 0 Å². The molecular weight excluding hydrogens is 180 g/mol. The molecule has 15 heavy (non-hydrogen) atoms. The van der Waals surface area contributed by atoms with Crippen LogP contribution < -0.4 is 0 Å². The zero-order chi connectivity index (χ0) is 10.7. The third kappa shape index (κ3) is 1.71. The Bertz CT molecular complexity index is 459. The highest BCUT2D eigenvalue weighted by molar-refractivity contribution is 5.84. The molecule has 74 valence electrons. The number of rotatable bonds is 3. The van der Waals surface area contributed by atoms with Crippen LogP contribution in [0.15, 0.2) is 67.3 Å². The monoisotopic (exact) mass is 194 g/mol. The van der Waals surface area contributed by atoms with Gasteiger partial charge in [-0.15, -0.1) is 0 Å². The Morgan fingerprint density at radius 3 is 2.67 bits per heavy atom. The fourth-order valence-corrected chi connectivity index (χ4v) is 1.95. The summed E-state index contributed by atoms with van der Waals surface area (Å²) in [7, 11) is 0. The van der Waals surface area contributed by atoms with Gasteiger partial charge in [0.05, 0.1) is 0 Å². The van der Waals surface area contributed by atoms with Gasteiger partial charge in [0.1, 0.15) is 0 Å². The molecule has 0 spiro atoms. The minimum Gasteiger partial charge on any atom is -0.0991 e. The first-order valence-electron chi connectivity index (χ1n) is 5.09. The first kappa shape index (κ1) is 9.72. The minimum absolute atomic E-state index is 0.997. The summed E-state index contributed by atoms with van der Waals surface area (Å²) in [4.78, 5) is 0. The third-order valence-electron chi connectivity index (χ3n) is 2.68. The molecule has 0 atom stereocenters. The molecular formula is C15H14. The normalized spacial score (nSPS) is 14.4. The maximum atomic E-state index is 3.87. The molecule has 0 radical (unpaired) electrons. The van der Waals surface area contributed by atoms with Crippen LogP contribution in [0.2, 0.25) is 0 Å². The summed E-state index contributed by atoms with van der Waals surface area (Å²) in [5.74, 6) is 0. The van der Waals surface area contributed by atoms with Gasteiger partial charge in [-0.1, -0.05) is 61.7 Å². The molecule has 1 aromatic carbocycles. The van der Waals surface area contributed by atoms with Gasteiger partial charge < -0.3 is 0 Å². The second-order valence-corrected chi connectivity index (χ2v) is 3.57. The molecule has 0 bridgehead atoms. The topological polar surface area (TPSA) is 0 Å². The van der Waals surface area contributed by atoms with Gasteiger partial charge in [0.2, 0.25) is 0 Å². The van der Waals surface area contributed by atoms with Crippen LogP contribution in [-0.2, 0) is 6.42 Å². The largest absolute Gasteiger partial charge is 0.0991 e. The van der Waals surface area contributed by atoms with Crippen molar-refractivity contribution in [3.05, 3.63) is 78.4 Å². The van der Waals surface area contributed by atoms with E-state index in [0.29, 0.717) is 0 Å².